The summed E-state index contributed by atoms with van der Waals surface area (Å²) in [5.74, 6) is -0.491. The first-order valence-corrected chi connectivity index (χ1v) is 12.9. The molecule has 1 amide bonds. The standard InChI is InChI=1S/C21H26ClF2N5O5S/c1-21(2,5-6-35(4,31)32)28-19(30)18-27-13-10-25-17(8-14(13)29(18)3)34-20-15(33-11-16(23)24)7-12(22)9-26-20/h7-10,16,18,27H,5-6,11H2,1-4H3,(H,28,30). The smallest absolute Gasteiger partial charge is 0.272 e. The fourth-order valence-electron chi connectivity index (χ4n) is 3.25. The molecule has 0 radical (unpaired) electrons. The Morgan fingerprint density at radius 2 is 2.03 bits per heavy atom. The molecule has 0 aliphatic carbocycles. The number of nitrogens with zero attached hydrogens (tertiary/aromatic N) is 3. The van der Waals surface area contributed by atoms with E-state index in [9.17, 15) is 22.0 Å². The van der Waals surface area contributed by atoms with Crippen molar-refractivity contribution in [3.05, 3.63) is 29.5 Å². The molecule has 0 bridgehead atoms. The second-order valence-corrected chi connectivity index (χ2v) is 11.4. The van der Waals surface area contributed by atoms with Crippen molar-refractivity contribution in [1.82, 2.24) is 15.3 Å². The number of anilines is 2. The molecule has 3 rings (SSSR count). The van der Waals surface area contributed by atoms with Crippen LogP contribution in [0.2, 0.25) is 5.02 Å². The zero-order valence-electron chi connectivity index (χ0n) is 19.5. The third kappa shape index (κ3) is 7.28. The van der Waals surface area contributed by atoms with E-state index in [1.54, 1.807) is 31.9 Å². The molecule has 0 saturated heterocycles. The van der Waals surface area contributed by atoms with Gasteiger partial charge in [-0.15, -0.1) is 0 Å². The summed E-state index contributed by atoms with van der Waals surface area (Å²) in [7, 11) is -1.48. The van der Waals surface area contributed by atoms with Crippen molar-refractivity contribution in [2.75, 3.05) is 35.9 Å². The molecule has 2 N–H and O–H groups in total. The van der Waals surface area contributed by atoms with Crippen LogP contribution in [0.15, 0.2) is 24.5 Å². The van der Waals surface area contributed by atoms with E-state index in [-0.39, 0.29) is 40.6 Å². The molecule has 1 aliphatic heterocycles. The van der Waals surface area contributed by atoms with E-state index in [1.807, 2.05) is 0 Å². The number of hydrogen-bond donors (Lipinski definition) is 2. The van der Waals surface area contributed by atoms with Crippen LogP contribution in [-0.4, -0.2) is 68.1 Å². The number of halogens is 3. The van der Waals surface area contributed by atoms with Crippen molar-refractivity contribution in [3.8, 4) is 17.5 Å². The molecule has 0 fully saturated rings. The van der Waals surface area contributed by atoms with Gasteiger partial charge in [-0.1, -0.05) is 11.6 Å². The first-order chi connectivity index (χ1) is 16.2. The van der Waals surface area contributed by atoms with Crippen molar-refractivity contribution in [3.63, 3.8) is 0 Å². The molecule has 14 heteroatoms. The maximum atomic E-state index is 12.9. The number of sulfone groups is 1. The van der Waals surface area contributed by atoms with Gasteiger partial charge in [0.2, 0.25) is 5.88 Å². The molecule has 10 nitrogen and oxygen atoms in total. The van der Waals surface area contributed by atoms with E-state index in [0.29, 0.717) is 11.4 Å². The molecule has 1 atom stereocenters. The van der Waals surface area contributed by atoms with Gasteiger partial charge in [-0.25, -0.2) is 27.2 Å². The number of alkyl halides is 2. The number of pyridine rings is 2. The zero-order valence-corrected chi connectivity index (χ0v) is 21.1. The van der Waals surface area contributed by atoms with E-state index in [1.165, 1.54) is 18.5 Å². The van der Waals surface area contributed by atoms with Crippen molar-refractivity contribution in [1.29, 1.82) is 0 Å². The number of carbonyl (C=O) groups excluding carboxylic acids is 1. The summed E-state index contributed by atoms with van der Waals surface area (Å²) in [6.07, 6.45) is 0.661. The highest BCUT2D eigenvalue weighted by Crippen LogP contribution is 2.38. The second kappa shape index (κ2) is 10.4. The van der Waals surface area contributed by atoms with Gasteiger partial charge in [-0.05, 0) is 20.3 Å². The number of aromatic nitrogens is 2. The lowest BCUT2D eigenvalue weighted by Crippen LogP contribution is -2.54. The van der Waals surface area contributed by atoms with Crippen LogP contribution in [0.5, 0.6) is 17.5 Å². The molecule has 35 heavy (non-hydrogen) atoms. The van der Waals surface area contributed by atoms with Gasteiger partial charge in [0, 0.05) is 37.2 Å². The van der Waals surface area contributed by atoms with Gasteiger partial charge in [0.05, 0.1) is 28.3 Å². The van der Waals surface area contributed by atoms with Crippen molar-refractivity contribution in [2.24, 2.45) is 0 Å². The molecule has 3 heterocycles. The van der Waals surface area contributed by atoms with E-state index in [4.69, 9.17) is 21.1 Å². The van der Waals surface area contributed by atoms with Crippen LogP contribution in [-0.2, 0) is 14.6 Å². The van der Waals surface area contributed by atoms with Crippen molar-refractivity contribution in [2.45, 2.75) is 38.4 Å². The summed E-state index contributed by atoms with van der Waals surface area (Å²) in [6.45, 7) is 2.64. The average molecular weight is 534 g/mol. The molecular weight excluding hydrogens is 508 g/mol. The Bertz CT molecular complexity index is 1200. The summed E-state index contributed by atoms with van der Waals surface area (Å²) in [5.41, 5.74) is 0.402. The predicted octanol–water partition coefficient (Wildman–Crippen LogP) is 3.08. The number of amides is 1. The first-order valence-electron chi connectivity index (χ1n) is 10.5. The van der Waals surface area contributed by atoms with Crippen LogP contribution in [0.25, 0.3) is 0 Å². The van der Waals surface area contributed by atoms with Gasteiger partial charge in [0.15, 0.2) is 11.9 Å². The van der Waals surface area contributed by atoms with E-state index < -0.39 is 34.6 Å². The van der Waals surface area contributed by atoms with Crippen molar-refractivity contribution < 1.29 is 31.5 Å². The van der Waals surface area contributed by atoms with Gasteiger partial charge >= 0.3 is 0 Å². The molecule has 1 aliphatic rings. The molecule has 1 unspecified atom stereocenters. The van der Waals surface area contributed by atoms with Gasteiger partial charge in [-0.2, -0.15) is 0 Å². The topological polar surface area (TPSA) is 123 Å². The minimum atomic E-state index is -3.17. The lowest BCUT2D eigenvalue weighted by atomic mass is 10.0. The summed E-state index contributed by atoms with van der Waals surface area (Å²) in [6, 6.07) is 2.86. The highest BCUT2D eigenvalue weighted by atomic mass is 35.5. The highest BCUT2D eigenvalue weighted by Gasteiger charge is 2.35. The molecule has 2 aromatic heterocycles. The number of hydrogen-bond acceptors (Lipinski definition) is 9. The Labute approximate surface area is 206 Å². The number of nitrogens with one attached hydrogen (secondary N) is 2. The Hall–Kier alpha value is -2.93. The van der Waals surface area contributed by atoms with Gasteiger partial charge in [0.25, 0.3) is 18.2 Å². The van der Waals surface area contributed by atoms with Crippen LogP contribution in [0.3, 0.4) is 0 Å². The average Bonchev–Trinajstić information content (AvgIpc) is 3.08. The fraction of sp³-hybridized carbons (Fsp3) is 0.476. The fourth-order valence-corrected chi connectivity index (χ4v) is 4.28. The molecule has 2 aromatic rings. The second-order valence-electron chi connectivity index (χ2n) is 8.71. The number of rotatable bonds is 10. The number of fused-ring (bicyclic) bond motifs is 1. The summed E-state index contributed by atoms with van der Waals surface area (Å²) in [4.78, 5) is 22.7. The zero-order chi connectivity index (χ0) is 26.0. The number of likely N-dealkylation sites (N-methyl/N-ethyl adjacent to an activating group) is 1. The van der Waals surface area contributed by atoms with Crippen molar-refractivity contribution >= 4 is 38.7 Å². The summed E-state index contributed by atoms with van der Waals surface area (Å²) in [5, 5.41) is 6.11. The molecule has 0 saturated carbocycles. The maximum Gasteiger partial charge on any atom is 0.272 e. The quantitative estimate of drug-likeness (QED) is 0.474. The summed E-state index contributed by atoms with van der Waals surface area (Å²) < 4.78 is 58.8. The van der Waals surface area contributed by atoms with Gasteiger partial charge in [-0.3, -0.25) is 4.79 Å². The molecule has 0 aromatic carbocycles. The molecule has 192 valence electrons. The minimum Gasteiger partial charge on any atom is -0.482 e. The van der Waals surface area contributed by atoms with Crippen LogP contribution in [0.4, 0.5) is 20.2 Å². The third-order valence-electron chi connectivity index (χ3n) is 5.08. The highest BCUT2D eigenvalue weighted by molar-refractivity contribution is 7.90. The van der Waals surface area contributed by atoms with Crippen LogP contribution >= 0.6 is 11.6 Å². The number of carbonyl (C=O) groups is 1. The van der Waals surface area contributed by atoms with Crippen LogP contribution < -0.4 is 25.0 Å². The Morgan fingerprint density at radius 1 is 1.31 bits per heavy atom. The Balaban J connectivity index is 1.72. The predicted molar refractivity (Wildman–Crippen MR) is 127 cm³/mol. The van der Waals surface area contributed by atoms with E-state index in [2.05, 4.69) is 20.6 Å². The van der Waals surface area contributed by atoms with Gasteiger partial charge < -0.3 is 25.0 Å². The van der Waals surface area contributed by atoms with E-state index in [0.717, 1.165) is 6.26 Å². The normalized spacial score (nSPS) is 15.5. The van der Waals surface area contributed by atoms with Crippen LogP contribution in [0, 0.1) is 0 Å². The molecule has 0 spiro atoms. The monoisotopic (exact) mass is 533 g/mol. The first kappa shape index (κ1) is 26.7. The maximum absolute atomic E-state index is 12.9. The SMILES string of the molecule is CN1c2cc(Oc3ncc(Cl)cc3OCC(F)F)ncc2NC1C(=O)NC(C)(C)CCS(C)(=O)=O. The lowest BCUT2D eigenvalue weighted by molar-refractivity contribution is -0.123. The lowest BCUT2D eigenvalue weighted by Gasteiger charge is -2.30. The summed E-state index contributed by atoms with van der Waals surface area (Å²) >= 11 is 5.88. The van der Waals surface area contributed by atoms with E-state index >= 15 is 0 Å². The Kier molecular flexibility index (Phi) is 7.90. The van der Waals surface area contributed by atoms with Crippen LogP contribution in [0.1, 0.15) is 20.3 Å². The molecular formula is C21H26ClF2N5O5S. The Morgan fingerprint density at radius 3 is 2.69 bits per heavy atom. The largest absolute Gasteiger partial charge is 0.482 e. The third-order valence-corrected chi connectivity index (χ3v) is 6.23. The number of ether oxygens (including phenoxy) is 2. The van der Waals surface area contributed by atoms with Gasteiger partial charge in [0.1, 0.15) is 16.4 Å². The minimum absolute atomic E-state index is 0.0548.